The zero-order valence-electron chi connectivity index (χ0n) is 9.79. The van der Waals surface area contributed by atoms with Crippen LogP contribution in [-0.4, -0.2) is 41.4 Å². The third-order valence-corrected chi connectivity index (χ3v) is 6.18. The van der Waals surface area contributed by atoms with Crippen LogP contribution in [0, 0.1) is 0 Å². The maximum atomic E-state index is 12.1. The van der Waals surface area contributed by atoms with E-state index in [1.807, 2.05) is 0 Å². The van der Waals surface area contributed by atoms with Gasteiger partial charge < -0.3 is 14.8 Å². The number of fused-ring (bicyclic) bond motifs is 1. The van der Waals surface area contributed by atoms with Crippen molar-refractivity contribution in [2.75, 3.05) is 0 Å². The van der Waals surface area contributed by atoms with E-state index < -0.39 is 37.9 Å². The second kappa shape index (κ2) is 4.79. The molecular weight excluding hydrogens is 293 g/mol. The number of carbonyl (C=O) groups excluding carboxylic acids is 2. The Morgan fingerprint density at radius 1 is 1.61 bits per heavy atom. The number of carboxylic acids is 1. The minimum absolute atomic E-state index is 0. The summed E-state index contributed by atoms with van der Waals surface area (Å²) < 4.78 is 22.5. The van der Waals surface area contributed by atoms with E-state index in [9.17, 15) is 23.1 Å². The molecule has 3 atom stereocenters. The monoisotopic (exact) mass is 301 g/mol. The van der Waals surface area contributed by atoms with Crippen LogP contribution in [-0.2, 0) is 19.4 Å². The molecule has 0 aliphatic carbocycles. The first kappa shape index (κ1) is 16.0. The maximum absolute atomic E-state index is 12.1. The van der Waals surface area contributed by atoms with E-state index >= 15 is 0 Å². The predicted octanol–water partition coefficient (Wildman–Crippen LogP) is -4.39. The van der Waals surface area contributed by atoms with Crippen LogP contribution in [0.2, 0.25) is 0 Å². The van der Waals surface area contributed by atoms with E-state index in [0.29, 0.717) is 0 Å². The predicted molar refractivity (Wildman–Crippen MR) is 56.4 cm³/mol. The van der Waals surface area contributed by atoms with Gasteiger partial charge in [-0.1, -0.05) is 11.6 Å². The van der Waals surface area contributed by atoms with E-state index in [1.165, 1.54) is 6.92 Å². The van der Waals surface area contributed by atoms with Gasteiger partial charge in [0.05, 0.1) is 18.4 Å². The third kappa shape index (κ3) is 1.76. The van der Waals surface area contributed by atoms with Crippen LogP contribution in [0.15, 0.2) is 11.6 Å². The number of carboxylic acid groups (broad SMARTS) is 1. The summed E-state index contributed by atoms with van der Waals surface area (Å²) in [4.78, 5) is 23.2. The van der Waals surface area contributed by atoms with E-state index in [-0.39, 0.29) is 36.0 Å². The number of β-lactam (4-membered cyclic amide) rings is 1. The summed E-state index contributed by atoms with van der Waals surface area (Å²) in [5.74, 6) is -2.10. The fourth-order valence-electron chi connectivity index (χ4n) is 2.35. The van der Waals surface area contributed by atoms with Gasteiger partial charge in [0.15, 0.2) is 9.84 Å². The van der Waals surface area contributed by atoms with Gasteiger partial charge in [0.2, 0.25) is 5.91 Å². The van der Waals surface area contributed by atoms with Gasteiger partial charge in [0, 0.05) is 5.54 Å². The summed E-state index contributed by atoms with van der Waals surface area (Å²) in [6.45, 7) is 1.23. The number of halogens is 1. The van der Waals surface area contributed by atoms with Crippen molar-refractivity contribution in [1.29, 1.82) is 0 Å². The number of amides is 1. The van der Waals surface area contributed by atoms with Crippen LogP contribution in [0.3, 0.4) is 0 Å². The van der Waals surface area contributed by atoms with E-state index in [2.05, 4.69) is 0 Å². The Balaban J connectivity index is 0.00000162. The molecule has 2 saturated heterocycles. The van der Waals surface area contributed by atoms with Gasteiger partial charge in [0.1, 0.15) is 10.1 Å². The number of rotatable bonds is 2. The van der Waals surface area contributed by atoms with Crippen LogP contribution in [0.25, 0.3) is 0 Å². The molecule has 9 heteroatoms. The van der Waals surface area contributed by atoms with E-state index in [4.69, 9.17) is 11.6 Å². The number of aliphatic carboxylic acids is 1. The van der Waals surface area contributed by atoms with Crippen molar-refractivity contribution < 1.29 is 52.7 Å². The molecule has 2 fully saturated rings. The average Bonchev–Trinajstić information content (AvgIpc) is 2.33. The summed E-state index contributed by atoms with van der Waals surface area (Å²) in [5.41, 5.74) is 0.948. The summed E-state index contributed by atoms with van der Waals surface area (Å²) in [5, 5.41) is 10.00. The number of carbonyl (C=O) groups is 2. The van der Waals surface area contributed by atoms with Gasteiger partial charge in [-0.3, -0.25) is 4.79 Å². The van der Waals surface area contributed by atoms with E-state index in [1.54, 1.807) is 0 Å². The quantitative estimate of drug-likeness (QED) is 0.379. The zero-order chi connectivity index (χ0) is 13.0. The van der Waals surface area contributed by atoms with Gasteiger partial charge >= 0.3 is 29.6 Å². The summed E-state index contributed by atoms with van der Waals surface area (Å²) in [6.07, 6.45) is 0.897. The molecule has 0 aromatic heterocycles. The van der Waals surface area contributed by atoms with Gasteiger partial charge in [-0.25, -0.2) is 8.42 Å². The first-order valence-corrected chi connectivity index (χ1v) is 6.79. The maximum Gasteiger partial charge on any atom is 1.00 e. The molecule has 0 bridgehead atoms. The first-order valence-electron chi connectivity index (χ1n) is 4.80. The fourth-order valence-corrected chi connectivity index (χ4v) is 4.96. The molecule has 18 heavy (non-hydrogen) atoms. The molecule has 0 aromatic carbocycles. The molecule has 2 rings (SSSR count). The van der Waals surface area contributed by atoms with E-state index in [0.717, 1.165) is 16.5 Å². The third-order valence-electron chi connectivity index (χ3n) is 3.36. The largest absolute Gasteiger partial charge is 1.00 e. The molecule has 94 valence electrons. The minimum atomic E-state index is -3.80. The van der Waals surface area contributed by atoms with Gasteiger partial charge in [0.25, 0.3) is 0 Å². The molecule has 0 unspecified atom stereocenters. The SMILES string of the molecule is C[C@]1(/C=C\Cl)[C@H](C(=O)[O-])N2C(=O)C[C@H]2S1(=O)=O.[Na+]. The van der Waals surface area contributed by atoms with Crippen LogP contribution < -0.4 is 34.7 Å². The van der Waals surface area contributed by atoms with Crippen molar-refractivity contribution in [3.8, 4) is 0 Å². The van der Waals surface area contributed by atoms with Crippen molar-refractivity contribution in [2.24, 2.45) is 0 Å². The van der Waals surface area contributed by atoms with Crippen molar-refractivity contribution in [1.82, 2.24) is 4.90 Å². The molecular formula is C9H9ClNNaO5S. The van der Waals surface area contributed by atoms with Crippen molar-refractivity contribution in [3.63, 3.8) is 0 Å². The van der Waals surface area contributed by atoms with Gasteiger partial charge in [-0.05, 0) is 13.0 Å². The number of nitrogens with zero attached hydrogens (tertiary/aromatic N) is 1. The minimum Gasteiger partial charge on any atom is -0.548 e. The standard InChI is InChI=1S/C9H10ClNO5S.Na/c1-9(2-3-10)7(8(13)14)11-5(12)4-6(11)17(9,15)16;/h2-3,6-7H,4H2,1H3,(H,13,14);/q;+1/p-1/b3-2-;/t6-,7+,9+;/m1./s1. The normalized spacial score (nSPS) is 37.0. The molecule has 2 aliphatic rings. The Morgan fingerprint density at radius 2 is 2.17 bits per heavy atom. The van der Waals surface area contributed by atoms with Gasteiger partial charge in [-0.2, -0.15) is 0 Å². The molecule has 0 radical (unpaired) electrons. The Hall–Kier alpha value is -0.0800. The Labute approximate surface area is 131 Å². The fraction of sp³-hybridized carbons (Fsp3) is 0.556. The topological polar surface area (TPSA) is 94.6 Å². The van der Waals surface area contributed by atoms with Crippen molar-refractivity contribution in [3.05, 3.63) is 11.6 Å². The van der Waals surface area contributed by atoms with Crippen LogP contribution in [0.5, 0.6) is 0 Å². The average molecular weight is 302 g/mol. The second-order valence-corrected chi connectivity index (χ2v) is 6.97. The Morgan fingerprint density at radius 3 is 2.56 bits per heavy atom. The molecule has 0 aromatic rings. The van der Waals surface area contributed by atoms with Crippen molar-refractivity contribution >= 4 is 33.3 Å². The molecule has 0 saturated carbocycles. The molecule has 0 spiro atoms. The Kier molecular flexibility index (Phi) is 4.25. The first-order chi connectivity index (χ1) is 7.77. The van der Waals surface area contributed by atoms with Crippen LogP contribution in [0.1, 0.15) is 13.3 Å². The molecule has 1 amide bonds. The summed E-state index contributed by atoms with van der Waals surface area (Å²) in [7, 11) is -3.80. The smallest absolute Gasteiger partial charge is 0.548 e. The number of hydrogen-bond acceptors (Lipinski definition) is 5. The van der Waals surface area contributed by atoms with Crippen molar-refractivity contribution in [2.45, 2.75) is 29.5 Å². The number of sulfone groups is 1. The summed E-state index contributed by atoms with van der Waals surface area (Å²) >= 11 is 5.36. The van der Waals surface area contributed by atoms with Crippen LogP contribution >= 0.6 is 11.6 Å². The molecule has 2 aliphatic heterocycles. The molecule has 0 N–H and O–H groups in total. The zero-order valence-corrected chi connectivity index (χ0v) is 13.4. The Bertz CT molecular complexity index is 533. The molecule has 6 nitrogen and oxygen atoms in total. The molecule has 2 heterocycles. The second-order valence-electron chi connectivity index (χ2n) is 4.20. The van der Waals surface area contributed by atoms with Crippen LogP contribution in [0.4, 0.5) is 0 Å². The van der Waals surface area contributed by atoms with Gasteiger partial charge in [-0.15, -0.1) is 0 Å². The summed E-state index contributed by atoms with van der Waals surface area (Å²) in [6, 6.07) is -1.52. The number of hydrogen-bond donors (Lipinski definition) is 0.